The minimum atomic E-state index is -1.05. The minimum Gasteiger partial charge on any atom is -0.381 e. The van der Waals surface area contributed by atoms with Crippen molar-refractivity contribution in [1.82, 2.24) is 0 Å². The van der Waals surface area contributed by atoms with Gasteiger partial charge in [0.1, 0.15) is 5.60 Å². The molecule has 0 saturated heterocycles. The predicted molar refractivity (Wildman–Crippen MR) is 57.2 cm³/mol. The standard InChI is InChI=1S/C13H18O2/c1-2-12(14)13(15)10-4-8-3-9(6-10)7-11(13)5-8/h2,8-11,15H,1,3-7H2. The molecule has 0 spiro atoms. The van der Waals surface area contributed by atoms with Crippen LogP contribution < -0.4 is 0 Å². The van der Waals surface area contributed by atoms with Crippen LogP contribution >= 0.6 is 0 Å². The lowest BCUT2D eigenvalue weighted by Gasteiger charge is -2.57. The Labute approximate surface area is 90.4 Å². The first-order valence-corrected chi connectivity index (χ1v) is 6.03. The predicted octanol–water partition coefficient (Wildman–Crippen LogP) is 1.93. The molecule has 4 aliphatic carbocycles. The summed E-state index contributed by atoms with van der Waals surface area (Å²) in [5, 5.41) is 10.6. The molecule has 1 N–H and O–H groups in total. The molecule has 4 fully saturated rings. The van der Waals surface area contributed by atoms with E-state index >= 15 is 0 Å². The van der Waals surface area contributed by atoms with Crippen molar-refractivity contribution >= 4 is 5.78 Å². The van der Waals surface area contributed by atoms with E-state index in [9.17, 15) is 9.90 Å². The third kappa shape index (κ3) is 1.12. The molecule has 0 heterocycles. The molecule has 0 amide bonds. The highest BCUT2D eigenvalue weighted by atomic mass is 16.3. The van der Waals surface area contributed by atoms with Crippen LogP contribution in [0.15, 0.2) is 12.7 Å². The highest BCUT2D eigenvalue weighted by Gasteiger charge is 2.59. The summed E-state index contributed by atoms with van der Waals surface area (Å²) in [7, 11) is 0. The zero-order valence-electron chi connectivity index (χ0n) is 8.98. The lowest BCUT2D eigenvalue weighted by molar-refractivity contribution is -0.181. The van der Waals surface area contributed by atoms with E-state index in [-0.39, 0.29) is 17.6 Å². The van der Waals surface area contributed by atoms with E-state index in [1.165, 1.54) is 12.5 Å². The van der Waals surface area contributed by atoms with Crippen LogP contribution in [0, 0.1) is 23.7 Å². The fourth-order valence-corrected chi connectivity index (χ4v) is 4.47. The highest BCUT2D eigenvalue weighted by molar-refractivity contribution is 5.97. The van der Waals surface area contributed by atoms with Crippen LogP contribution in [0.25, 0.3) is 0 Å². The highest BCUT2D eigenvalue weighted by Crippen LogP contribution is 2.58. The molecule has 15 heavy (non-hydrogen) atoms. The van der Waals surface area contributed by atoms with Gasteiger partial charge in [0.2, 0.25) is 0 Å². The molecule has 4 rings (SSSR count). The van der Waals surface area contributed by atoms with E-state index in [1.807, 2.05) is 0 Å². The van der Waals surface area contributed by atoms with Gasteiger partial charge in [-0.25, -0.2) is 0 Å². The maximum atomic E-state index is 11.9. The van der Waals surface area contributed by atoms with Crippen molar-refractivity contribution < 1.29 is 9.90 Å². The van der Waals surface area contributed by atoms with E-state index in [2.05, 4.69) is 6.58 Å². The summed E-state index contributed by atoms with van der Waals surface area (Å²) in [5.41, 5.74) is -1.05. The van der Waals surface area contributed by atoms with Gasteiger partial charge in [-0.1, -0.05) is 6.58 Å². The van der Waals surface area contributed by atoms with Gasteiger partial charge in [-0.2, -0.15) is 0 Å². The fourth-order valence-electron chi connectivity index (χ4n) is 4.47. The SMILES string of the molecule is C=CC(=O)C1(O)C2CC3CC(C2)CC1C3. The van der Waals surface area contributed by atoms with Gasteiger partial charge in [0.25, 0.3) is 0 Å². The molecular formula is C13H18O2. The molecule has 82 valence electrons. The lowest BCUT2D eigenvalue weighted by atomic mass is 9.49. The molecule has 2 nitrogen and oxygen atoms in total. The van der Waals surface area contributed by atoms with Crippen molar-refractivity contribution in [1.29, 1.82) is 0 Å². The second kappa shape index (κ2) is 2.94. The Balaban J connectivity index is 1.97. The second-order valence-corrected chi connectivity index (χ2v) is 5.70. The van der Waals surface area contributed by atoms with Gasteiger partial charge in [-0.3, -0.25) is 4.79 Å². The third-order valence-corrected chi connectivity index (χ3v) is 4.96. The van der Waals surface area contributed by atoms with E-state index in [0.29, 0.717) is 0 Å². The van der Waals surface area contributed by atoms with Crippen molar-refractivity contribution in [3.05, 3.63) is 12.7 Å². The fraction of sp³-hybridized carbons (Fsp3) is 0.769. The number of carbonyl (C=O) groups is 1. The molecule has 0 radical (unpaired) electrons. The summed E-state index contributed by atoms with van der Waals surface area (Å²) in [6, 6.07) is 0. The molecule has 0 aliphatic heterocycles. The van der Waals surface area contributed by atoms with Gasteiger partial charge in [-0.05, 0) is 61.9 Å². The summed E-state index contributed by atoms with van der Waals surface area (Å²) >= 11 is 0. The zero-order valence-corrected chi connectivity index (χ0v) is 8.98. The lowest BCUT2D eigenvalue weighted by Crippen LogP contribution is -2.61. The van der Waals surface area contributed by atoms with Crippen LogP contribution in [-0.4, -0.2) is 16.5 Å². The Bertz CT molecular complexity index is 290. The maximum Gasteiger partial charge on any atom is 0.187 e. The molecule has 0 aromatic rings. The van der Waals surface area contributed by atoms with Gasteiger partial charge in [0.05, 0.1) is 0 Å². The first-order chi connectivity index (χ1) is 7.14. The number of hydrogen-bond acceptors (Lipinski definition) is 2. The molecule has 4 bridgehead atoms. The average molecular weight is 206 g/mol. The molecular weight excluding hydrogens is 188 g/mol. The molecule has 4 saturated carbocycles. The normalized spacial score (nSPS) is 51.8. The van der Waals surface area contributed by atoms with Gasteiger partial charge in [0.15, 0.2) is 5.78 Å². The van der Waals surface area contributed by atoms with Crippen molar-refractivity contribution in [2.24, 2.45) is 23.7 Å². The van der Waals surface area contributed by atoms with Gasteiger partial charge in [0, 0.05) is 0 Å². The van der Waals surface area contributed by atoms with Gasteiger partial charge in [-0.15, -0.1) is 0 Å². The number of hydrogen-bond donors (Lipinski definition) is 1. The topological polar surface area (TPSA) is 37.3 Å². The van der Waals surface area contributed by atoms with Crippen molar-refractivity contribution in [3.8, 4) is 0 Å². The Morgan fingerprint density at radius 3 is 2.00 bits per heavy atom. The summed E-state index contributed by atoms with van der Waals surface area (Å²) < 4.78 is 0. The molecule has 0 aromatic heterocycles. The van der Waals surface area contributed by atoms with E-state index < -0.39 is 5.60 Å². The number of aliphatic hydroxyl groups is 1. The number of rotatable bonds is 2. The largest absolute Gasteiger partial charge is 0.381 e. The van der Waals surface area contributed by atoms with Gasteiger partial charge >= 0.3 is 0 Å². The average Bonchev–Trinajstić information content (AvgIpc) is 2.23. The van der Waals surface area contributed by atoms with Crippen LogP contribution in [0.1, 0.15) is 32.1 Å². The monoisotopic (exact) mass is 206 g/mol. The van der Waals surface area contributed by atoms with Crippen molar-refractivity contribution in [3.63, 3.8) is 0 Å². The van der Waals surface area contributed by atoms with Crippen molar-refractivity contribution in [2.75, 3.05) is 0 Å². The van der Waals surface area contributed by atoms with Crippen LogP contribution in [0.3, 0.4) is 0 Å². The van der Waals surface area contributed by atoms with Gasteiger partial charge < -0.3 is 5.11 Å². The summed E-state index contributed by atoms with van der Waals surface area (Å²) in [5.74, 6) is 1.88. The first-order valence-electron chi connectivity index (χ1n) is 6.03. The zero-order chi connectivity index (χ0) is 10.6. The Morgan fingerprint density at radius 1 is 1.13 bits per heavy atom. The maximum absolute atomic E-state index is 11.9. The van der Waals surface area contributed by atoms with E-state index in [0.717, 1.165) is 37.5 Å². The molecule has 0 unspecified atom stereocenters. The van der Waals surface area contributed by atoms with Crippen LogP contribution in [0.4, 0.5) is 0 Å². The quantitative estimate of drug-likeness (QED) is 0.701. The van der Waals surface area contributed by atoms with E-state index in [1.54, 1.807) is 0 Å². The Hall–Kier alpha value is -0.630. The summed E-state index contributed by atoms with van der Waals surface area (Å²) in [6.45, 7) is 3.53. The molecule has 0 atom stereocenters. The van der Waals surface area contributed by atoms with Crippen LogP contribution in [-0.2, 0) is 4.79 Å². The van der Waals surface area contributed by atoms with E-state index in [4.69, 9.17) is 0 Å². The smallest absolute Gasteiger partial charge is 0.187 e. The Morgan fingerprint density at radius 2 is 1.60 bits per heavy atom. The molecule has 4 aliphatic rings. The van der Waals surface area contributed by atoms with Crippen LogP contribution in [0.2, 0.25) is 0 Å². The summed E-state index contributed by atoms with van der Waals surface area (Å²) in [4.78, 5) is 11.9. The first kappa shape index (κ1) is 9.59. The minimum absolute atomic E-state index is 0.128. The Kier molecular flexibility index (Phi) is 1.88. The molecule has 0 aromatic carbocycles. The third-order valence-electron chi connectivity index (χ3n) is 4.96. The second-order valence-electron chi connectivity index (χ2n) is 5.70. The van der Waals surface area contributed by atoms with Crippen molar-refractivity contribution in [2.45, 2.75) is 37.7 Å². The van der Waals surface area contributed by atoms with Crippen LogP contribution in [0.5, 0.6) is 0 Å². The number of ketones is 1. The summed E-state index contributed by atoms with van der Waals surface area (Å²) in [6.07, 6.45) is 6.89. The number of carbonyl (C=O) groups excluding carboxylic acids is 1. The molecule has 2 heteroatoms.